The van der Waals surface area contributed by atoms with E-state index < -0.39 is 0 Å². The van der Waals surface area contributed by atoms with Gasteiger partial charge in [-0.25, -0.2) is 15.8 Å². The molecule has 1 aromatic heterocycles. The van der Waals surface area contributed by atoms with Crippen molar-refractivity contribution in [3.05, 3.63) is 6.07 Å². The van der Waals surface area contributed by atoms with Crippen molar-refractivity contribution in [2.45, 2.75) is 11.6 Å². The van der Waals surface area contributed by atoms with E-state index in [1.807, 2.05) is 6.26 Å². The lowest BCUT2D eigenvalue weighted by molar-refractivity contribution is -0.117. The van der Waals surface area contributed by atoms with Gasteiger partial charge in [0.15, 0.2) is 5.16 Å². The predicted molar refractivity (Wildman–Crippen MR) is 63.9 cm³/mol. The van der Waals surface area contributed by atoms with Crippen molar-refractivity contribution < 1.29 is 4.79 Å². The summed E-state index contributed by atoms with van der Waals surface area (Å²) in [4.78, 5) is 18.8. The van der Waals surface area contributed by atoms with E-state index in [0.717, 1.165) is 0 Å². The molecule has 1 amide bonds. The summed E-state index contributed by atoms with van der Waals surface area (Å²) in [5.41, 5.74) is 7.47. The maximum Gasteiger partial charge on any atom is 0.219 e. The number of carbonyl (C=O) groups excluding carboxylic acids is 1. The number of hydrogen-bond donors (Lipinski definition) is 4. The van der Waals surface area contributed by atoms with E-state index in [0.29, 0.717) is 23.3 Å². The molecule has 0 fully saturated rings. The fourth-order valence-corrected chi connectivity index (χ4v) is 1.37. The molecule has 0 aromatic carbocycles. The lowest BCUT2D eigenvalue weighted by Gasteiger charge is -2.07. The molecule has 1 heterocycles. The Bertz CT molecular complexity index is 349. The van der Waals surface area contributed by atoms with Crippen LogP contribution in [0.3, 0.4) is 0 Å². The molecule has 0 bridgehead atoms. The van der Waals surface area contributed by atoms with Crippen LogP contribution in [0.4, 0.5) is 11.6 Å². The summed E-state index contributed by atoms with van der Waals surface area (Å²) in [6, 6.07) is 1.65. The van der Waals surface area contributed by atoms with Crippen molar-refractivity contribution in [1.29, 1.82) is 0 Å². The number of anilines is 2. The van der Waals surface area contributed by atoms with Gasteiger partial charge in [-0.15, -0.1) is 0 Å². The minimum absolute atomic E-state index is 0.254. The van der Waals surface area contributed by atoms with Gasteiger partial charge in [-0.3, -0.25) is 4.79 Å². The van der Waals surface area contributed by atoms with Crippen molar-refractivity contribution in [3.8, 4) is 0 Å². The first-order valence-corrected chi connectivity index (χ1v) is 5.80. The number of thioether (sulfide) groups is 1. The second-order valence-electron chi connectivity index (χ2n) is 2.91. The third kappa shape index (κ3) is 3.91. The lowest BCUT2D eigenvalue weighted by atomic mass is 10.4. The van der Waals surface area contributed by atoms with E-state index in [-0.39, 0.29) is 12.3 Å². The molecule has 16 heavy (non-hydrogen) atoms. The number of hydrogen-bond acceptors (Lipinski definition) is 7. The molecular formula is C8H14N6OS. The van der Waals surface area contributed by atoms with Gasteiger partial charge < -0.3 is 16.5 Å². The van der Waals surface area contributed by atoms with E-state index in [9.17, 15) is 4.79 Å². The summed E-state index contributed by atoms with van der Waals surface area (Å²) < 4.78 is 0. The molecule has 0 radical (unpaired) electrons. The number of nitrogens with zero attached hydrogens (tertiary/aromatic N) is 2. The number of amides is 1. The molecule has 0 atom stereocenters. The first kappa shape index (κ1) is 12.5. The first-order valence-electron chi connectivity index (χ1n) is 4.57. The number of carbonyl (C=O) groups is 1. The van der Waals surface area contributed by atoms with E-state index in [4.69, 9.17) is 11.6 Å². The summed E-state index contributed by atoms with van der Waals surface area (Å²) >= 11 is 1.40. The zero-order valence-electron chi connectivity index (χ0n) is 8.86. The number of hydrazine groups is 1. The van der Waals surface area contributed by atoms with Crippen LogP contribution in [0.1, 0.15) is 6.42 Å². The number of aromatic nitrogens is 2. The molecule has 1 aromatic rings. The number of primary amides is 1. The monoisotopic (exact) mass is 242 g/mol. The van der Waals surface area contributed by atoms with Gasteiger partial charge in [0.25, 0.3) is 0 Å². The Balaban J connectivity index is 2.67. The normalized spacial score (nSPS) is 9.88. The molecule has 7 nitrogen and oxygen atoms in total. The van der Waals surface area contributed by atoms with E-state index in [1.54, 1.807) is 6.07 Å². The molecule has 88 valence electrons. The first-order chi connectivity index (χ1) is 7.65. The van der Waals surface area contributed by atoms with Crippen molar-refractivity contribution in [2.75, 3.05) is 23.5 Å². The number of nitrogen functional groups attached to an aromatic ring is 1. The third-order valence-corrected chi connectivity index (χ3v) is 2.26. The van der Waals surface area contributed by atoms with Gasteiger partial charge in [-0.05, 0) is 6.26 Å². The number of nitrogens with one attached hydrogen (secondary N) is 2. The minimum Gasteiger partial charge on any atom is -0.370 e. The van der Waals surface area contributed by atoms with Crippen LogP contribution >= 0.6 is 11.8 Å². The van der Waals surface area contributed by atoms with Gasteiger partial charge >= 0.3 is 0 Å². The Kier molecular flexibility index (Phi) is 4.80. The minimum atomic E-state index is -0.358. The van der Waals surface area contributed by atoms with Crippen LogP contribution in [0.25, 0.3) is 0 Å². The molecular weight excluding hydrogens is 228 g/mol. The van der Waals surface area contributed by atoms with Crippen LogP contribution in [0.2, 0.25) is 0 Å². The topological polar surface area (TPSA) is 119 Å². The number of rotatable bonds is 6. The summed E-state index contributed by atoms with van der Waals surface area (Å²) in [5.74, 6) is 6.03. The van der Waals surface area contributed by atoms with Gasteiger partial charge in [0.2, 0.25) is 5.91 Å². The fraction of sp³-hybridized carbons (Fsp3) is 0.375. The van der Waals surface area contributed by atoms with Crippen molar-refractivity contribution in [2.24, 2.45) is 11.6 Å². The third-order valence-electron chi connectivity index (χ3n) is 1.71. The second kappa shape index (κ2) is 6.13. The summed E-state index contributed by atoms with van der Waals surface area (Å²) in [6.45, 7) is 0.435. The standard InChI is InChI=1S/C8H14N6OS/c1-16-8-12-6(4-7(13-8)14-10)11-3-2-5(9)15/h4H,2-3,10H2,1H3,(H2,9,15)(H2,11,12,13,14). The Morgan fingerprint density at radius 1 is 1.50 bits per heavy atom. The van der Waals surface area contributed by atoms with Crippen LogP contribution in [-0.2, 0) is 4.79 Å². The molecule has 0 saturated carbocycles. The van der Waals surface area contributed by atoms with Gasteiger partial charge in [0.05, 0.1) is 0 Å². The Labute approximate surface area is 97.4 Å². The van der Waals surface area contributed by atoms with E-state index >= 15 is 0 Å². The molecule has 8 heteroatoms. The van der Waals surface area contributed by atoms with Crippen LogP contribution in [0.5, 0.6) is 0 Å². The number of nitrogens with two attached hydrogens (primary N) is 2. The van der Waals surface area contributed by atoms with Crippen LogP contribution in [0, 0.1) is 0 Å². The summed E-state index contributed by atoms with van der Waals surface area (Å²) in [6.07, 6.45) is 2.12. The molecule has 0 unspecified atom stereocenters. The molecule has 0 aliphatic heterocycles. The van der Waals surface area contributed by atoms with Crippen LogP contribution < -0.4 is 22.3 Å². The highest BCUT2D eigenvalue weighted by Crippen LogP contribution is 2.16. The largest absolute Gasteiger partial charge is 0.370 e. The zero-order chi connectivity index (χ0) is 12.0. The SMILES string of the molecule is CSc1nc(NN)cc(NCCC(N)=O)n1. The maximum absolute atomic E-state index is 10.5. The predicted octanol–water partition coefficient (Wildman–Crippen LogP) is -0.229. The van der Waals surface area contributed by atoms with E-state index in [1.165, 1.54) is 11.8 Å². The smallest absolute Gasteiger partial charge is 0.219 e. The van der Waals surface area contributed by atoms with Crippen molar-refractivity contribution in [3.63, 3.8) is 0 Å². The Hall–Kier alpha value is -1.54. The van der Waals surface area contributed by atoms with Gasteiger partial charge in [0.1, 0.15) is 11.6 Å². The quantitative estimate of drug-likeness (QED) is 0.235. The zero-order valence-corrected chi connectivity index (χ0v) is 9.67. The van der Waals surface area contributed by atoms with Gasteiger partial charge in [-0.2, -0.15) is 0 Å². The van der Waals surface area contributed by atoms with Crippen LogP contribution in [-0.4, -0.2) is 28.7 Å². The fourth-order valence-electron chi connectivity index (χ4n) is 0.995. The molecule has 0 spiro atoms. The molecule has 1 rings (SSSR count). The van der Waals surface area contributed by atoms with Crippen LogP contribution in [0.15, 0.2) is 11.2 Å². The average molecular weight is 242 g/mol. The average Bonchev–Trinajstić information content (AvgIpc) is 2.28. The van der Waals surface area contributed by atoms with Gasteiger partial charge in [-0.1, -0.05) is 11.8 Å². The highest BCUT2D eigenvalue weighted by atomic mass is 32.2. The summed E-state index contributed by atoms with van der Waals surface area (Å²) in [7, 11) is 0. The van der Waals surface area contributed by atoms with Crippen molar-refractivity contribution >= 4 is 29.3 Å². The second-order valence-corrected chi connectivity index (χ2v) is 3.69. The maximum atomic E-state index is 10.5. The molecule has 0 aliphatic carbocycles. The molecule has 0 saturated heterocycles. The Morgan fingerprint density at radius 2 is 2.19 bits per heavy atom. The molecule has 6 N–H and O–H groups in total. The highest BCUT2D eigenvalue weighted by molar-refractivity contribution is 7.98. The highest BCUT2D eigenvalue weighted by Gasteiger charge is 2.03. The van der Waals surface area contributed by atoms with E-state index in [2.05, 4.69) is 20.7 Å². The van der Waals surface area contributed by atoms with Gasteiger partial charge in [0, 0.05) is 19.0 Å². The summed E-state index contributed by atoms with van der Waals surface area (Å²) in [5, 5.41) is 3.56. The lowest BCUT2D eigenvalue weighted by Crippen LogP contribution is -2.17. The molecule has 0 aliphatic rings. The Morgan fingerprint density at radius 3 is 2.75 bits per heavy atom. The van der Waals surface area contributed by atoms with Crippen molar-refractivity contribution in [1.82, 2.24) is 9.97 Å².